The van der Waals surface area contributed by atoms with Crippen LogP contribution < -0.4 is 15.2 Å². The Morgan fingerprint density at radius 3 is 2.47 bits per heavy atom. The predicted octanol–water partition coefficient (Wildman–Crippen LogP) is 2.52. The van der Waals surface area contributed by atoms with E-state index in [2.05, 4.69) is 6.07 Å². The van der Waals surface area contributed by atoms with Crippen LogP contribution in [0.2, 0.25) is 0 Å². The minimum Gasteiger partial charge on any atom is -0.497 e. The van der Waals surface area contributed by atoms with E-state index in [4.69, 9.17) is 15.2 Å². The molecule has 0 radical (unpaired) electrons. The average molecular weight is 235 g/mol. The molecular formula is C14H21NO2. The first kappa shape index (κ1) is 12.2. The van der Waals surface area contributed by atoms with Gasteiger partial charge in [0.2, 0.25) is 0 Å². The second-order valence-electron chi connectivity index (χ2n) is 4.92. The summed E-state index contributed by atoms with van der Waals surface area (Å²) in [6.07, 6.45) is 5.61. The molecule has 0 amide bonds. The molecule has 1 saturated carbocycles. The second-order valence-corrected chi connectivity index (χ2v) is 4.92. The van der Waals surface area contributed by atoms with Gasteiger partial charge in [0.15, 0.2) is 0 Å². The van der Waals surface area contributed by atoms with E-state index in [0.717, 1.165) is 30.8 Å². The van der Waals surface area contributed by atoms with E-state index >= 15 is 0 Å². The lowest BCUT2D eigenvalue weighted by Crippen LogP contribution is -2.38. The number of hydrogen-bond donors (Lipinski definition) is 1. The van der Waals surface area contributed by atoms with Gasteiger partial charge in [-0.1, -0.05) is 18.9 Å². The molecule has 2 N–H and O–H groups in total. The van der Waals surface area contributed by atoms with Crippen LogP contribution >= 0.6 is 0 Å². The molecule has 3 nitrogen and oxygen atoms in total. The van der Waals surface area contributed by atoms with Crippen LogP contribution in [0.3, 0.4) is 0 Å². The van der Waals surface area contributed by atoms with Crippen LogP contribution in [-0.4, -0.2) is 19.8 Å². The van der Waals surface area contributed by atoms with Gasteiger partial charge in [0.1, 0.15) is 11.5 Å². The normalized spacial score (nSPS) is 18.1. The third-order valence-corrected chi connectivity index (χ3v) is 3.64. The Labute approximate surface area is 103 Å². The zero-order valence-corrected chi connectivity index (χ0v) is 10.7. The first-order valence-corrected chi connectivity index (χ1v) is 6.17. The zero-order chi connectivity index (χ0) is 12.3. The summed E-state index contributed by atoms with van der Waals surface area (Å²) >= 11 is 0. The van der Waals surface area contributed by atoms with Crippen molar-refractivity contribution in [1.82, 2.24) is 0 Å². The minimum absolute atomic E-state index is 0.0398. The maximum atomic E-state index is 6.40. The van der Waals surface area contributed by atoms with E-state index in [-0.39, 0.29) is 5.54 Å². The summed E-state index contributed by atoms with van der Waals surface area (Å²) in [6, 6.07) is 5.95. The summed E-state index contributed by atoms with van der Waals surface area (Å²) in [6.45, 7) is 0. The van der Waals surface area contributed by atoms with Crippen molar-refractivity contribution in [1.29, 1.82) is 0 Å². The standard InChI is InChI=1S/C14H21NO2/c1-16-12-6-5-11(13(9-12)17-2)10-14(15)7-3-4-8-14/h5-6,9H,3-4,7-8,10,15H2,1-2H3. The van der Waals surface area contributed by atoms with Crippen molar-refractivity contribution in [3.8, 4) is 11.5 Å². The highest BCUT2D eigenvalue weighted by molar-refractivity contribution is 5.41. The molecule has 17 heavy (non-hydrogen) atoms. The Morgan fingerprint density at radius 1 is 1.18 bits per heavy atom. The number of ether oxygens (including phenoxy) is 2. The Bertz CT molecular complexity index is 384. The van der Waals surface area contributed by atoms with Crippen molar-refractivity contribution in [2.45, 2.75) is 37.6 Å². The van der Waals surface area contributed by atoms with Crippen molar-refractivity contribution < 1.29 is 9.47 Å². The van der Waals surface area contributed by atoms with Crippen LogP contribution in [0.5, 0.6) is 11.5 Å². The van der Waals surface area contributed by atoms with Gasteiger partial charge in [-0.15, -0.1) is 0 Å². The number of nitrogens with two attached hydrogens (primary N) is 1. The molecule has 2 rings (SSSR count). The molecule has 94 valence electrons. The molecule has 0 heterocycles. The molecular weight excluding hydrogens is 214 g/mol. The Balaban J connectivity index is 2.20. The van der Waals surface area contributed by atoms with E-state index in [0.29, 0.717) is 0 Å². The largest absolute Gasteiger partial charge is 0.497 e. The molecule has 0 unspecified atom stereocenters. The van der Waals surface area contributed by atoms with Crippen LogP contribution in [0, 0.1) is 0 Å². The number of hydrogen-bond acceptors (Lipinski definition) is 3. The number of rotatable bonds is 4. The SMILES string of the molecule is COc1ccc(CC2(N)CCCC2)c(OC)c1. The van der Waals surface area contributed by atoms with Crippen LogP contribution in [0.4, 0.5) is 0 Å². The van der Waals surface area contributed by atoms with Gasteiger partial charge in [-0.05, 0) is 30.9 Å². The molecule has 1 aromatic carbocycles. The van der Waals surface area contributed by atoms with Gasteiger partial charge < -0.3 is 15.2 Å². The van der Waals surface area contributed by atoms with Gasteiger partial charge in [0, 0.05) is 11.6 Å². The van der Waals surface area contributed by atoms with Crippen molar-refractivity contribution in [2.24, 2.45) is 5.73 Å². The highest BCUT2D eigenvalue weighted by atomic mass is 16.5. The first-order chi connectivity index (χ1) is 8.17. The maximum Gasteiger partial charge on any atom is 0.125 e. The quantitative estimate of drug-likeness (QED) is 0.872. The molecule has 1 aliphatic rings. The van der Waals surface area contributed by atoms with Gasteiger partial charge in [-0.3, -0.25) is 0 Å². The van der Waals surface area contributed by atoms with Gasteiger partial charge in [0.05, 0.1) is 14.2 Å². The van der Waals surface area contributed by atoms with Crippen LogP contribution in [0.15, 0.2) is 18.2 Å². The van der Waals surface area contributed by atoms with Gasteiger partial charge in [-0.2, -0.15) is 0 Å². The molecule has 0 saturated heterocycles. The monoisotopic (exact) mass is 235 g/mol. The molecule has 0 atom stereocenters. The molecule has 1 fully saturated rings. The summed E-state index contributed by atoms with van der Waals surface area (Å²) in [5, 5.41) is 0. The molecule has 0 aromatic heterocycles. The average Bonchev–Trinajstić information content (AvgIpc) is 2.76. The summed E-state index contributed by atoms with van der Waals surface area (Å²) in [7, 11) is 3.35. The van der Waals surface area contributed by atoms with E-state index in [1.807, 2.05) is 12.1 Å². The van der Waals surface area contributed by atoms with Gasteiger partial charge >= 0.3 is 0 Å². The lowest BCUT2D eigenvalue weighted by molar-refractivity contribution is 0.380. The van der Waals surface area contributed by atoms with Crippen molar-refractivity contribution in [2.75, 3.05) is 14.2 Å². The number of methoxy groups -OCH3 is 2. The third kappa shape index (κ3) is 2.72. The molecule has 0 spiro atoms. The van der Waals surface area contributed by atoms with Crippen LogP contribution in [0.1, 0.15) is 31.2 Å². The smallest absolute Gasteiger partial charge is 0.125 e. The Morgan fingerprint density at radius 2 is 1.88 bits per heavy atom. The first-order valence-electron chi connectivity index (χ1n) is 6.17. The lowest BCUT2D eigenvalue weighted by atomic mass is 9.90. The van der Waals surface area contributed by atoms with E-state index < -0.39 is 0 Å². The summed E-state index contributed by atoms with van der Waals surface area (Å²) in [5.41, 5.74) is 7.54. The third-order valence-electron chi connectivity index (χ3n) is 3.64. The number of benzene rings is 1. The van der Waals surface area contributed by atoms with E-state index in [1.165, 1.54) is 18.4 Å². The second kappa shape index (κ2) is 4.96. The molecule has 1 aliphatic carbocycles. The van der Waals surface area contributed by atoms with Crippen molar-refractivity contribution in [3.63, 3.8) is 0 Å². The summed E-state index contributed by atoms with van der Waals surface area (Å²) in [4.78, 5) is 0. The van der Waals surface area contributed by atoms with Crippen molar-refractivity contribution >= 4 is 0 Å². The van der Waals surface area contributed by atoms with Crippen LogP contribution in [0.25, 0.3) is 0 Å². The van der Waals surface area contributed by atoms with E-state index in [9.17, 15) is 0 Å². The Kier molecular flexibility index (Phi) is 3.57. The minimum atomic E-state index is -0.0398. The summed E-state index contributed by atoms with van der Waals surface area (Å²) < 4.78 is 10.6. The predicted molar refractivity (Wildman–Crippen MR) is 68.6 cm³/mol. The topological polar surface area (TPSA) is 44.5 Å². The van der Waals surface area contributed by atoms with Crippen molar-refractivity contribution in [3.05, 3.63) is 23.8 Å². The molecule has 3 heteroatoms. The highest BCUT2D eigenvalue weighted by Crippen LogP contribution is 2.34. The van der Waals surface area contributed by atoms with Gasteiger partial charge in [-0.25, -0.2) is 0 Å². The molecule has 0 aliphatic heterocycles. The Hall–Kier alpha value is -1.22. The maximum absolute atomic E-state index is 6.40. The van der Waals surface area contributed by atoms with Gasteiger partial charge in [0.25, 0.3) is 0 Å². The molecule has 0 bridgehead atoms. The fourth-order valence-corrected chi connectivity index (χ4v) is 2.63. The van der Waals surface area contributed by atoms with Crippen LogP contribution in [-0.2, 0) is 6.42 Å². The van der Waals surface area contributed by atoms with E-state index in [1.54, 1.807) is 14.2 Å². The summed E-state index contributed by atoms with van der Waals surface area (Å²) in [5.74, 6) is 1.70. The highest BCUT2D eigenvalue weighted by Gasteiger charge is 2.30. The fraction of sp³-hybridized carbons (Fsp3) is 0.571. The lowest BCUT2D eigenvalue weighted by Gasteiger charge is -2.24. The zero-order valence-electron chi connectivity index (χ0n) is 10.7. The molecule has 1 aromatic rings. The fourth-order valence-electron chi connectivity index (χ4n) is 2.63.